The Kier molecular flexibility index (Phi) is 6.83. The second-order valence-corrected chi connectivity index (χ2v) is 13.1. The summed E-state index contributed by atoms with van der Waals surface area (Å²) in [5, 5.41) is 18.6. The number of carboxylic acids is 1. The van der Waals surface area contributed by atoms with Crippen LogP contribution < -0.4 is 10.1 Å². The van der Waals surface area contributed by atoms with Crippen molar-refractivity contribution in [1.29, 1.82) is 0 Å². The van der Waals surface area contributed by atoms with Crippen molar-refractivity contribution in [2.75, 3.05) is 31.7 Å². The number of aromatic carboxylic acids is 1. The summed E-state index contributed by atoms with van der Waals surface area (Å²) in [7, 11) is 0. The molecule has 2 saturated heterocycles. The van der Waals surface area contributed by atoms with E-state index in [-0.39, 0.29) is 41.0 Å². The molecule has 4 aliphatic rings. The first-order valence-corrected chi connectivity index (χ1v) is 15.8. The zero-order chi connectivity index (χ0) is 31.0. The Hall–Kier alpha value is -3.70. The van der Waals surface area contributed by atoms with E-state index >= 15 is 4.39 Å². The average Bonchev–Trinajstić information content (AvgIpc) is 3.55. The Balaban J connectivity index is 1.35. The van der Waals surface area contributed by atoms with Gasteiger partial charge in [-0.15, -0.1) is 0 Å². The van der Waals surface area contributed by atoms with Crippen LogP contribution in [0, 0.1) is 17.7 Å². The fourth-order valence-electron chi connectivity index (χ4n) is 8.12. The molecule has 12 heteroatoms. The number of fused-ring (bicyclic) bond motifs is 6. The number of carboxylic acid groups (broad SMARTS) is 1. The number of halogens is 3. The Morgan fingerprint density at radius 2 is 1.96 bits per heavy atom. The summed E-state index contributed by atoms with van der Waals surface area (Å²) < 4.78 is 30.2. The van der Waals surface area contributed by atoms with Crippen molar-refractivity contribution in [1.82, 2.24) is 14.7 Å². The first-order chi connectivity index (χ1) is 21.8. The normalized spacial score (nSPS) is 26.3. The van der Waals surface area contributed by atoms with Crippen LogP contribution in [0.5, 0.6) is 5.88 Å². The molecular weight excluding hydrogens is 622 g/mol. The monoisotopic (exact) mass is 650 g/mol. The lowest BCUT2D eigenvalue weighted by Gasteiger charge is -2.42. The van der Waals surface area contributed by atoms with Crippen LogP contribution in [0.25, 0.3) is 10.9 Å². The first kappa shape index (κ1) is 28.8. The van der Waals surface area contributed by atoms with Crippen molar-refractivity contribution in [3.8, 4) is 5.88 Å². The lowest BCUT2D eigenvalue weighted by atomic mass is 9.71. The van der Waals surface area contributed by atoms with Gasteiger partial charge in [0.05, 0.1) is 27.5 Å². The number of anilines is 1. The van der Waals surface area contributed by atoms with Gasteiger partial charge in [-0.1, -0.05) is 41.4 Å². The number of hydrogen-bond acceptors (Lipinski definition) is 6. The molecule has 232 valence electrons. The number of likely N-dealkylation sites (tertiary alicyclic amines) is 1. The van der Waals surface area contributed by atoms with Gasteiger partial charge in [0.2, 0.25) is 11.8 Å². The molecule has 3 aromatic carbocycles. The van der Waals surface area contributed by atoms with Gasteiger partial charge in [-0.05, 0) is 60.7 Å². The highest BCUT2D eigenvalue weighted by atomic mass is 35.5. The second-order valence-electron chi connectivity index (χ2n) is 12.3. The maximum Gasteiger partial charge on any atom is 0.335 e. The number of rotatable bonds is 4. The summed E-state index contributed by atoms with van der Waals surface area (Å²) in [4.78, 5) is 28.5. The van der Waals surface area contributed by atoms with Gasteiger partial charge in [0.1, 0.15) is 18.0 Å². The largest absolute Gasteiger partial charge is 0.478 e. The fourth-order valence-corrected chi connectivity index (χ4v) is 8.47. The summed E-state index contributed by atoms with van der Waals surface area (Å²) in [6.45, 7) is 2.37. The molecule has 0 bridgehead atoms. The molecule has 5 heterocycles. The molecule has 0 unspecified atom stereocenters. The smallest absolute Gasteiger partial charge is 0.335 e. The van der Waals surface area contributed by atoms with E-state index in [9.17, 15) is 14.7 Å². The highest BCUT2D eigenvalue weighted by molar-refractivity contribution is 6.31. The third-order valence-electron chi connectivity index (χ3n) is 10.0. The minimum absolute atomic E-state index is 0.0200. The van der Waals surface area contributed by atoms with E-state index < -0.39 is 23.2 Å². The highest BCUT2D eigenvalue weighted by Crippen LogP contribution is 2.61. The maximum absolute atomic E-state index is 16.3. The summed E-state index contributed by atoms with van der Waals surface area (Å²) in [5.74, 6) is -2.12. The molecule has 0 aliphatic carbocycles. The van der Waals surface area contributed by atoms with E-state index in [2.05, 4.69) is 10.2 Å². The highest BCUT2D eigenvalue weighted by Gasteiger charge is 2.67. The second kappa shape index (κ2) is 10.7. The SMILES string of the molecule is O=C(O)c1ccc2c3n(nc2c1)C[C@@H]1[C@H](CO3)N(CC2CCOCC2)[C@@]2(C(=O)Nc3cc(Cl)ccc32)[C@H]1c1cccc(Cl)c1F. The van der Waals surface area contributed by atoms with Gasteiger partial charge in [-0.3, -0.25) is 9.69 Å². The molecule has 0 radical (unpaired) electrons. The Labute approximate surface area is 267 Å². The van der Waals surface area contributed by atoms with E-state index in [0.29, 0.717) is 59.4 Å². The quantitative estimate of drug-likeness (QED) is 0.282. The van der Waals surface area contributed by atoms with Gasteiger partial charge in [-0.2, -0.15) is 5.10 Å². The van der Waals surface area contributed by atoms with Crippen LogP contribution in [-0.2, 0) is 21.6 Å². The first-order valence-electron chi connectivity index (χ1n) is 15.0. The molecular formula is C33H29Cl2FN4O5. The number of ether oxygens (including phenoxy) is 2. The van der Waals surface area contributed by atoms with Crippen LogP contribution in [0.2, 0.25) is 10.0 Å². The summed E-state index contributed by atoms with van der Waals surface area (Å²) >= 11 is 12.8. The molecule has 2 fully saturated rings. The number of nitrogens with one attached hydrogen (secondary N) is 1. The predicted molar refractivity (Wildman–Crippen MR) is 166 cm³/mol. The van der Waals surface area contributed by atoms with Gasteiger partial charge in [-0.25, -0.2) is 13.9 Å². The summed E-state index contributed by atoms with van der Waals surface area (Å²) in [6.07, 6.45) is 1.68. The number of benzene rings is 3. The minimum Gasteiger partial charge on any atom is -0.478 e. The molecule has 1 amide bonds. The molecule has 45 heavy (non-hydrogen) atoms. The lowest BCUT2D eigenvalue weighted by molar-refractivity contribution is -0.129. The van der Waals surface area contributed by atoms with E-state index in [1.165, 1.54) is 18.2 Å². The minimum atomic E-state index is -1.29. The van der Waals surface area contributed by atoms with Crippen molar-refractivity contribution in [3.63, 3.8) is 0 Å². The predicted octanol–water partition coefficient (Wildman–Crippen LogP) is 5.93. The summed E-state index contributed by atoms with van der Waals surface area (Å²) in [6, 6.07) is 14.8. The van der Waals surface area contributed by atoms with Crippen LogP contribution in [0.4, 0.5) is 10.1 Å². The fraction of sp³-hybridized carbons (Fsp3) is 0.364. The van der Waals surface area contributed by atoms with Gasteiger partial charge < -0.3 is 19.9 Å². The number of carbonyl (C=O) groups excluding carboxylic acids is 1. The van der Waals surface area contributed by atoms with E-state index in [1.54, 1.807) is 35.0 Å². The Bertz CT molecular complexity index is 1880. The van der Waals surface area contributed by atoms with Crippen molar-refractivity contribution in [2.45, 2.75) is 36.9 Å². The van der Waals surface area contributed by atoms with Gasteiger partial charge in [0.25, 0.3) is 0 Å². The average molecular weight is 652 g/mol. The van der Waals surface area contributed by atoms with Gasteiger partial charge >= 0.3 is 5.97 Å². The van der Waals surface area contributed by atoms with Crippen molar-refractivity contribution >= 4 is 51.7 Å². The van der Waals surface area contributed by atoms with Crippen molar-refractivity contribution in [2.24, 2.45) is 11.8 Å². The Morgan fingerprint density at radius 3 is 2.76 bits per heavy atom. The van der Waals surface area contributed by atoms with E-state index in [0.717, 1.165) is 18.4 Å². The van der Waals surface area contributed by atoms with E-state index in [4.69, 9.17) is 37.8 Å². The van der Waals surface area contributed by atoms with E-state index in [1.807, 2.05) is 6.07 Å². The number of carbonyl (C=O) groups is 2. The Morgan fingerprint density at radius 1 is 1.13 bits per heavy atom. The molecule has 4 atom stereocenters. The van der Waals surface area contributed by atoms with Crippen LogP contribution in [-0.4, -0.2) is 64.1 Å². The van der Waals surface area contributed by atoms with Crippen LogP contribution in [0.15, 0.2) is 54.6 Å². The molecule has 4 aliphatic heterocycles. The standard InChI is InChI=1S/C33H29Cl2FN4O5/c34-19-5-7-23-26(13-19)37-32(43)33(23)28(21-2-1-3-24(35)29(21)36)22-15-40-30(20-6-4-18(31(41)42)12-25(20)38-40)45-16-27(22)39(33)14-17-8-10-44-11-9-17/h1-7,12-13,17,22,27-28H,8-11,14-16H2,(H,37,43)(H,41,42)/t22-,27+,28+,33-/m1/s1. The lowest BCUT2D eigenvalue weighted by Crippen LogP contribution is -2.54. The zero-order valence-corrected chi connectivity index (χ0v) is 25.5. The number of nitrogens with zero attached hydrogens (tertiary/aromatic N) is 3. The number of aromatic nitrogens is 2. The summed E-state index contributed by atoms with van der Waals surface area (Å²) in [5.41, 5.74) is 0.993. The van der Waals surface area contributed by atoms with Crippen molar-refractivity contribution < 1.29 is 28.6 Å². The van der Waals surface area contributed by atoms with Crippen LogP contribution >= 0.6 is 23.2 Å². The number of hydrogen-bond donors (Lipinski definition) is 2. The third kappa shape index (κ3) is 4.30. The van der Waals surface area contributed by atoms with Crippen LogP contribution in [0.3, 0.4) is 0 Å². The molecule has 0 saturated carbocycles. The molecule has 4 aromatic rings. The molecule has 9 nitrogen and oxygen atoms in total. The topological polar surface area (TPSA) is 106 Å². The zero-order valence-electron chi connectivity index (χ0n) is 24.0. The maximum atomic E-state index is 16.3. The molecule has 1 spiro atoms. The van der Waals surface area contributed by atoms with Crippen molar-refractivity contribution in [3.05, 3.63) is 87.2 Å². The molecule has 2 N–H and O–H groups in total. The number of amides is 1. The molecule has 8 rings (SSSR count). The van der Waals surface area contributed by atoms with Crippen LogP contribution in [0.1, 0.15) is 40.2 Å². The van der Waals surface area contributed by atoms with Gasteiger partial charge in [0.15, 0.2) is 0 Å². The van der Waals surface area contributed by atoms with Gasteiger partial charge in [0, 0.05) is 54.4 Å². The molecule has 1 aromatic heterocycles. The third-order valence-corrected chi connectivity index (χ3v) is 10.6.